The van der Waals surface area contributed by atoms with Gasteiger partial charge in [-0.3, -0.25) is 4.67 Å². The molecule has 1 heterocycles. The predicted molar refractivity (Wildman–Crippen MR) is 85.7 cm³/mol. The summed E-state index contributed by atoms with van der Waals surface area (Å²) in [6, 6.07) is 7.96. The minimum atomic E-state index is -1.96. The Labute approximate surface area is 120 Å². The van der Waals surface area contributed by atoms with E-state index < -0.39 is 5.39 Å². The van der Waals surface area contributed by atoms with Crippen LogP contribution in [0, 0.1) is 0 Å². The number of hydrogen-bond donors (Lipinski definition) is 1. The molecule has 18 heavy (non-hydrogen) atoms. The van der Waals surface area contributed by atoms with Gasteiger partial charge in [0.1, 0.15) is 5.75 Å². The highest BCUT2D eigenvalue weighted by atomic mass is 32.9. The van der Waals surface area contributed by atoms with Crippen LogP contribution in [0.3, 0.4) is 0 Å². The van der Waals surface area contributed by atoms with Gasteiger partial charge >= 0.3 is 0 Å². The molecule has 1 unspecified atom stereocenters. The average molecular weight is 304 g/mol. The molecule has 0 aromatic heterocycles. The Morgan fingerprint density at radius 3 is 2.22 bits per heavy atom. The van der Waals surface area contributed by atoms with Crippen LogP contribution in [0.1, 0.15) is 19.3 Å². The minimum Gasteiger partial charge on any atom is -0.727 e. The molecule has 1 aliphatic heterocycles. The van der Waals surface area contributed by atoms with Crippen molar-refractivity contribution in [2.45, 2.75) is 19.3 Å². The summed E-state index contributed by atoms with van der Waals surface area (Å²) in [5, 5.41) is -0.840. The number of benzene rings is 1. The lowest BCUT2D eigenvalue weighted by Gasteiger charge is -2.43. The zero-order chi connectivity index (χ0) is 12.3. The Bertz CT molecular complexity index is 419. The summed E-state index contributed by atoms with van der Waals surface area (Å²) in [5.74, 6) is 0.859. The second-order valence-electron chi connectivity index (χ2n) is 4.23. The molecule has 1 saturated heterocycles. The van der Waals surface area contributed by atoms with Gasteiger partial charge in [-0.25, -0.2) is 0 Å². The Balaban J connectivity index is 0.00000162. The third kappa shape index (κ3) is 3.49. The Morgan fingerprint density at radius 1 is 1.17 bits per heavy atom. The molecule has 0 saturated carbocycles. The molecule has 1 aromatic rings. The van der Waals surface area contributed by atoms with Crippen molar-refractivity contribution in [2.24, 2.45) is 0 Å². The first-order valence-electron chi connectivity index (χ1n) is 5.85. The van der Waals surface area contributed by atoms with Crippen molar-refractivity contribution in [3.63, 3.8) is 0 Å². The molecule has 4 N–H and O–H groups in total. The zero-order valence-corrected chi connectivity index (χ0v) is 13.5. The van der Waals surface area contributed by atoms with Crippen LogP contribution in [0.25, 0.3) is 0 Å². The van der Waals surface area contributed by atoms with Crippen LogP contribution < -0.4 is 16.2 Å². The molecule has 0 bridgehead atoms. The second-order valence-corrected chi connectivity index (χ2v) is 10.2. The number of nitrogens with zero attached hydrogens (tertiary/aromatic N) is 1. The number of rotatable bonds is 3. The van der Waals surface area contributed by atoms with E-state index in [0.29, 0.717) is 0 Å². The summed E-state index contributed by atoms with van der Waals surface area (Å²) in [5.41, 5.74) is 0. The maximum absolute atomic E-state index is 5.72. The minimum absolute atomic E-state index is 0. The van der Waals surface area contributed by atoms with E-state index in [4.69, 9.17) is 28.8 Å². The van der Waals surface area contributed by atoms with E-state index in [9.17, 15) is 0 Å². The largest absolute Gasteiger partial charge is 0.727 e. The van der Waals surface area contributed by atoms with E-state index in [1.807, 2.05) is 24.3 Å². The summed E-state index contributed by atoms with van der Waals surface area (Å²) in [7, 11) is 1.67. The molecule has 0 spiro atoms. The van der Waals surface area contributed by atoms with E-state index in [1.54, 1.807) is 7.11 Å². The topological polar surface area (TPSA) is 49.0 Å². The predicted octanol–water partition coefficient (Wildman–Crippen LogP) is 3.04. The quantitative estimate of drug-likeness (QED) is 0.689. The van der Waals surface area contributed by atoms with Crippen LogP contribution in [0.4, 0.5) is 0 Å². The maximum atomic E-state index is 5.72. The first-order valence-corrected chi connectivity index (χ1v) is 9.62. The normalized spacial score (nSPS) is 19.7. The van der Waals surface area contributed by atoms with E-state index >= 15 is 0 Å². The van der Waals surface area contributed by atoms with E-state index in [0.717, 1.165) is 24.1 Å². The summed E-state index contributed by atoms with van der Waals surface area (Å²) < 4.78 is 7.49. The van der Waals surface area contributed by atoms with E-state index in [2.05, 4.69) is 4.67 Å². The Hall–Kier alpha value is -0.0600. The molecule has 1 atom stereocenters. The van der Waals surface area contributed by atoms with Gasteiger partial charge in [0.15, 0.2) is 0 Å². The van der Waals surface area contributed by atoms with Crippen molar-refractivity contribution in [3.8, 4) is 5.75 Å². The molecular weight excluding hydrogens is 283 g/mol. The standard InChI is InChI=1S/C12H18NOPS2.H3N/c1-14-11-5-7-12(8-6-11)15(16,17)13-9-3-2-4-10-13;/h5-8H,2-4,9-10H2,1H3,(H,16,17);1H3. The van der Waals surface area contributed by atoms with Gasteiger partial charge in [-0.1, -0.05) is 23.9 Å². The molecule has 0 radical (unpaired) electrons. The highest BCUT2D eigenvalue weighted by Gasteiger charge is 2.17. The van der Waals surface area contributed by atoms with Crippen molar-refractivity contribution in [1.82, 2.24) is 10.8 Å². The van der Waals surface area contributed by atoms with Gasteiger partial charge in [0, 0.05) is 13.1 Å². The fourth-order valence-electron chi connectivity index (χ4n) is 2.07. The molecule has 6 heteroatoms. The molecule has 0 aliphatic carbocycles. The first-order chi connectivity index (χ1) is 8.14. The Morgan fingerprint density at radius 2 is 1.72 bits per heavy atom. The third-order valence-electron chi connectivity index (χ3n) is 3.10. The first kappa shape index (κ1) is 16.0. The fourth-order valence-corrected chi connectivity index (χ4v) is 5.45. The van der Waals surface area contributed by atoms with Crippen molar-refractivity contribution in [2.75, 3.05) is 20.2 Å². The third-order valence-corrected chi connectivity index (χ3v) is 7.85. The number of methoxy groups -OCH3 is 1. The summed E-state index contributed by atoms with van der Waals surface area (Å²) in [4.78, 5) is 0. The van der Waals surface area contributed by atoms with Crippen molar-refractivity contribution >= 4 is 34.8 Å². The summed E-state index contributed by atoms with van der Waals surface area (Å²) in [6.45, 7) is 2.12. The van der Waals surface area contributed by atoms with Gasteiger partial charge in [0.2, 0.25) is 0 Å². The van der Waals surface area contributed by atoms with Gasteiger partial charge in [-0.15, -0.1) is 11.8 Å². The van der Waals surface area contributed by atoms with Gasteiger partial charge in [0.25, 0.3) is 0 Å². The molecule has 0 amide bonds. The Kier molecular flexibility index (Phi) is 6.15. The highest BCUT2D eigenvalue weighted by molar-refractivity contribution is 8.56. The number of piperidine rings is 1. The smallest absolute Gasteiger partial charge is 0.118 e. The maximum Gasteiger partial charge on any atom is 0.118 e. The van der Waals surface area contributed by atoms with Gasteiger partial charge in [-0.2, -0.15) is 0 Å². The lowest BCUT2D eigenvalue weighted by Crippen LogP contribution is -2.30. The lowest BCUT2D eigenvalue weighted by atomic mass is 10.2. The van der Waals surface area contributed by atoms with E-state index in [-0.39, 0.29) is 6.15 Å². The SMILES string of the molecule is COc1ccc(P(=S)([S-])N2CCCCC2)cc1.[NH4+]. The monoisotopic (exact) mass is 304 g/mol. The zero-order valence-electron chi connectivity index (χ0n) is 11.0. The number of hydrogen-bond acceptors (Lipinski definition) is 3. The molecule has 1 fully saturated rings. The van der Waals surface area contributed by atoms with Crippen LogP contribution in [0.15, 0.2) is 24.3 Å². The summed E-state index contributed by atoms with van der Waals surface area (Å²) >= 11 is 11.4. The van der Waals surface area contributed by atoms with E-state index in [1.165, 1.54) is 19.3 Å². The number of ether oxygens (including phenoxy) is 1. The molecule has 1 aromatic carbocycles. The summed E-state index contributed by atoms with van der Waals surface area (Å²) in [6.07, 6.45) is 3.76. The molecule has 3 nitrogen and oxygen atoms in total. The van der Waals surface area contributed by atoms with Gasteiger partial charge < -0.3 is 23.1 Å². The molecule has 102 valence electrons. The van der Waals surface area contributed by atoms with Crippen molar-refractivity contribution in [1.29, 1.82) is 0 Å². The number of quaternary nitrogens is 1. The van der Waals surface area contributed by atoms with Gasteiger partial charge in [0.05, 0.1) is 7.11 Å². The molecule has 2 rings (SSSR count). The van der Waals surface area contributed by atoms with Crippen molar-refractivity contribution < 1.29 is 4.74 Å². The lowest BCUT2D eigenvalue weighted by molar-refractivity contribution is 0.375. The van der Waals surface area contributed by atoms with Crippen LogP contribution >= 0.6 is 5.39 Å². The van der Waals surface area contributed by atoms with Crippen LogP contribution in [-0.2, 0) is 24.1 Å². The van der Waals surface area contributed by atoms with Crippen LogP contribution in [-0.4, -0.2) is 24.9 Å². The van der Waals surface area contributed by atoms with Crippen LogP contribution in [0.5, 0.6) is 5.75 Å². The fraction of sp³-hybridized carbons (Fsp3) is 0.500. The highest BCUT2D eigenvalue weighted by Crippen LogP contribution is 2.47. The second kappa shape index (κ2) is 6.92. The molecule has 1 aliphatic rings. The average Bonchev–Trinajstić information content (AvgIpc) is 2.40. The molecular formula is C12H21N2OPS2. The van der Waals surface area contributed by atoms with Gasteiger partial charge in [-0.05, 0) is 30.3 Å². The van der Waals surface area contributed by atoms with Crippen molar-refractivity contribution in [3.05, 3.63) is 24.3 Å². The van der Waals surface area contributed by atoms with Crippen LogP contribution in [0.2, 0.25) is 0 Å².